The summed E-state index contributed by atoms with van der Waals surface area (Å²) >= 11 is 0. The van der Waals surface area contributed by atoms with E-state index in [-0.39, 0.29) is 6.61 Å². The minimum Gasteiger partial charge on any atom is -0.507 e. The van der Waals surface area contributed by atoms with Crippen molar-refractivity contribution in [2.24, 2.45) is 0 Å². The Morgan fingerprint density at radius 1 is 1.30 bits per heavy atom. The molecule has 0 amide bonds. The van der Waals surface area contributed by atoms with Crippen molar-refractivity contribution in [3.8, 4) is 0 Å². The van der Waals surface area contributed by atoms with Crippen LogP contribution in [-0.2, 0) is 20.5 Å². The van der Waals surface area contributed by atoms with Gasteiger partial charge in [-0.3, -0.25) is 4.79 Å². The minimum absolute atomic E-state index is 0.0572. The minimum atomic E-state index is -4.69. The van der Waals surface area contributed by atoms with Crippen molar-refractivity contribution in [1.82, 2.24) is 0 Å². The topological polar surface area (TPSA) is 63.6 Å². The molecule has 0 aliphatic heterocycles. The highest BCUT2D eigenvalue weighted by Gasteiger charge is 2.34. The van der Waals surface area contributed by atoms with Crippen LogP contribution in [0.2, 0.25) is 0 Å². The first-order valence-electron chi connectivity index (χ1n) is 5.55. The van der Waals surface area contributed by atoms with Gasteiger partial charge in [0.2, 0.25) is 0 Å². The number of hydrogen-bond acceptors (Lipinski definition) is 4. The standard InChI is InChI=1S/C13H11F3O4/c1-2-20-12(19)11(18)7-10(17)8-5-3-4-6-9(8)13(14,15)16/h3-7,17H,2H2,1H3. The van der Waals surface area contributed by atoms with Gasteiger partial charge in [-0.15, -0.1) is 0 Å². The Labute approximate surface area is 112 Å². The summed E-state index contributed by atoms with van der Waals surface area (Å²) in [6, 6.07) is 4.16. The normalized spacial score (nSPS) is 12.1. The molecule has 7 heteroatoms. The molecule has 0 heterocycles. The number of rotatable bonds is 4. The first-order chi connectivity index (χ1) is 9.27. The number of benzene rings is 1. The molecule has 0 saturated heterocycles. The van der Waals surface area contributed by atoms with E-state index in [0.717, 1.165) is 18.2 Å². The quantitative estimate of drug-likeness (QED) is 0.400. The van der Waals surface area contributed by atoms with Crippen LogP contribution >= 0.6 is 0 Å². The number of ether oxygens (including phenoxy) is 1. The number of aliphatic hydroxyl groups excluding tert-OH is 1. The van der Waals surface area contributed by atoms with E-state index in [4.69, 9.17) is 0 Å². The second-order valence-electron chi connectivity index (χ2n) is 3.66. The zero-order valence-electron chi connectivity index (χ0n) is 10.4. The number of esters is 1. The van der Waals surface area contributed by atoms with Gasteiger partial charge in [0.1, 0.15) is 5.76 Å². The lowest BCUT2D eigenvalue weighted by Gasteiger charge is -2.11. The van der Waals surface area contributed by atoms with E-state index in [9.17, 15) is 27.9 Å². The lowest BCUT2D eigenvalue weighted by atomic mass is 10.0. The van der Waals surface area contributed by atoms with Gasteiger partial charge in [0, 0.05) is 11.6 Å². The van der Waals surface area contributed by atoms with Crippen molar-refractivity contribution in [2.45, 2.75) is 13.1 Å². The van der Waals surface area contributed by atoms with Gasteiger partial charge in [0.05, 0.1) is 12.2 Å². The lowest BCUT2D eigenvalue weighted by Crippen LogP contribution is -2.16. The maximum absolute atomic E-state index is 12.7. The molecule has 0 saturated carbocycles. The Balaban J connectivity index is 3.13. The molecule has 0 fully saturated rings. The second kappa shape index (κ2) is 6.23. The van der Waals surface area contributed by atoms with E-state index >= 15 is 0 Å². The molecule has 1 aromatic rings. The molecule has 1 N–H and O–H groups in total. The van der Waals surface area contributed by atoms with Crippen LogP contribution in [-0.4, -0.2) is 23.5 Å². The number of ketones is 1. The maximum atomic E-state index is 12.7. The van der Waals surface area contributed by atoms with Crippen LogP contribution in [0.4, 0.5) is 13.2 Å². The van der Waals surface area contributed by atoms with Gasteiger partial charge in [-0.2, -0.15) is 13.2 Å². The summed E-state index contributed by atoms with van der Waals surface area (Å²) in [4.78, 5) is 22.3. The number of hydrogen-bond donors (Lipinski definition) is 1. The number of carbonyl (C=O) groups is 2. The molecule has 0 aliphatic rings. The summed E-state index contributed by atoms with van der Waals surface area (Å²) in [5, 5.41) is 9.58. The van der Waals surface area contributed by atoms with Gasteiger partial charge in [-0.1, -0.05) is 18.2 Å². The molecule has 1 aromatic carbocycles. The Hall–Kier alpha value is -2.31. The lowest BCUT2D eigenvalue weighted by molar-refractivity contribution is -0.151. The molecule has 0 unspecified atom stereocenters. The Morgan fingerprint density at radius 2 is 1.90 bits per heavy atom. The highest BCUT2D eigenvalue weighted by Crippen LogP contribution is 2.34. The van der Waals surface area contributed by atoms with E-state index < -0.39 is 34.8 Å². The van der Waals surface area contributed by atoms with Crippen LogP contribution in [0.25, 0.3) is 5.76 Å². The molecule has 0 atom stereocenters. The van der Waals surface area contributed by atoms with Crippen molar-refractivity contribution in [3.05, 3.63) is 41.5 Å². The van der Waals surface area contributed by atoms with Gasteiger partial charge in [-0.25, -0.2) is 4.79 Å². The Bertz CT molecular complexity index is 547. The van der Waals surface area contributed by atoms with E-state index in [0.29, 0.717) is 6.08 Å². The van der Waals surface area contributed by atoms with Crippen LogP contribution in [0.5, 0.6) is 0 Å². The fraction of sp³-hybridized carbons (Fsp3) is 0.231. The van der Waals surface area contributed by atoms with Crippen molar-refractivity contribution < 1.29 is 32.6 Å². The van der Waals surface area contributed by atoms with Gasteiger partial charge >= 0.3 is 12.1 Å². The smallest absolute Gasteiger partial charge is 0.417 e. The van der Waals surface area contributed by atoms with Crippen molar-refractivity contribution in [2.75, 3.05) is 6.61 Å². The SMILES string of the molecule is CCOC(=O)C(=O)C=C(O)c1ccccc1C(F)(F)F. The van der Waals surface area contributed by atoms with Gasteiger partial charge in [-0.05, 0) is 13.0 Å². The number of carbonyl (C=O) groups excluding carboxylic acids is 2. The third-order valence-electron chi connectivity index (χ3n) is 2.25. The molecule has 20 heavy (non-hydrogen) atoms. The summed E-state index contributed by atoms with van der Waals surface area (Å²) < 4.78 is 42.5. The zero-order chi connectivity index (χ0) is 15.3. The highest BCUT2D eigenvalue weighted by molar-refractivity contribution is 6.39. The molecular weight excluding hydrogens is 277 g/mol. The molecule has 1 rings (SSSR count). The Morgan fingerprint density at radius 3 is 2.45 bits per heavy atom. The summed E-state index contributed by atoms with van der Waals surface area (Å²) in [5.41, 5.74) is -1.69. The average Bonchev–Trinajstić information content (AvgIpc) is 2.37. The monoisotopic (exact) mass is 288 g/mol. The summed E-state index contributed by atoms with van der Waals surface area (Å²) in [5.74, 6) is -3.43. The van der Waals surface area contributed by atoms with E-state index in [1.165, 1.54) is 13.0 Å². The fourth-order valence-electron chi connectivity index (χ4n) is 1.42. The molecule has 4 nitrogen and oxygen atoms in total. The number of alkyl halides is 3. The molecule has 0 aliphatic carbocycles. The maximum Gasteiger partial charge on any atom is 0.417 e. The first-order valence-corrected chi connectivity index (χ1v) is 5.55. The van der Waals surface area contributed by atoms with Crippen LogP contribution in [0.1, 0.15) is 18.1 Å². The van der Waals surface area contributed by atoms with Crippen LogP contribution in [0.3, 0.4) is 0 Å². The molecule has 108 valence electrons. The Kier molecular flexibility index (Phi) is 4.90. The number of halogens is 3. The second-order valence-corrected chi connectivity index (χ2v) is 3.66. The third-order valence-corrected chi connectivity index (χ3v) is 2.25. The number of aliphatic hydroxyl groups is 1. The van der Waals surface area contributed by atoms with E-state index in [2.05, 4.69) is 4.74 Å². The molecule has 0 spiro atoms. The van der Waals surface area contributed by atoms with E-state index in [1.807, 2.05) is 0 Å². The molecule has 0 radical (unpaired) electrons. The summed E-state index contributed by atoms with van der Waals surface area (Å²) in [6.07, 6.45) is -4.28. The van der Waals surface area contributed by atoms with Crippen molar-refractivity contribution in [1.29, 1.82) is 0 Å². The third kappa shape index (κ3) is 3.84. The van der Waals surface area contributed by atoms with Gasteiger partial charge in [0.15, 0.2) is 0 Å². The van der Waals surface area contributed by atoms with Crippen LogP contribution < -0.4 is 0 Å². The summed E-state index contributed by atoms with van der Waals surface area (Å²) in [6.45, 7) is 1.41. The predicted octanol–water partition coefficient (Wildman–Crippen LogP) is 2.74. The highest BCUT2D eigenvalue weighted by atomic mass is 19.4. The average molecular weight is 288 g/mol. The van der Waals surface area contributed by atoms with Crippen LogP contribution in [0, 0.1) is 0 Å². The predicted molar refractivity (Wildman–Crippen MR) is 63.7 cm³/mol. The molecule has 0 bridgehead atoms. The van der Waals surface area contributed by atoms with Crippen molar-refractivity contribution in [3.63, 3.8) is 0 Å². The van der Waals surface area contributed by atoms with Crippen LogP contribution in [0.15, 0.2) is 30.3 Å². The molecule has 0 aromatic heterocycles. The van der Waals surface area contributed by atoms with Gasteiger partial charge < -0.3 is 9.84 Å². The molecular formula is C13H11F3O4. The zero-order valence-corrected chi connectivity index (χ0v) is 10.4. The van der Waals surface area contributed by atoms with Gasteiger partial charge in [0.25, 0.3) is 5.78 Å². The van der Waals surface area contributed by atoms with E-state index in [1.54, 1.807) is 0 Å². The summed E-state index contributed by atoms with van der Waals surface area (Å²) in [7, 11) is 0. The largest absolute Gasteiger partial charge is 0.507 e. The fourth-order valence-corrected chi connectivity index (χ4v) is 1.42. The first kappa shape index (κ1) is 15.7. The van der Waals surface area contributed by atoms with Crippen molar-refractivity contribution >= 4 is 17.5 Å².